The van der Waals surface area contributed by atoms with Crippen LogP contribution in [0.2, 0.25) is 0 Å². The number of aromatic nitrogens is 2. The number of pyridine rings is 2. The van der Waals surface area contributed by atoms with E-state index in [1.165, 1.54) is 6.92 Å². The quantitative estimate of drug-likeness (QED) is 0.835. The van der Waals surface area contributed by atoms with Crippen LogP contribution in [-0.4, -0.2) is 59.5 Å². The molecule has 8 nitrogen and oxygen atoms in total. The second-order valence-electron chi connectivity index (χ2n) is 7.87. The van der Waals surface area contributed by atoms with E-state index in [9.17, 15) is 9.59 Å². The van der Waals surface area contributed by atoms with Gasteiger partial charge >= 0.3 is 0 Å². The highest BCUT2D eigenvalue weighted by molar-refractivity contribution is 5.94. The maximum Gasteiger partial charge on any atom is 0.255 e. The van der Waals surface area contributed by atoms with Crippen LogP contribution < -0.4 is 15.0 Å². The zero-order valence-electron chi connectivity index (χ0n) is 17.4. The number of carbonyl (C=O) groups excluding carboxylic acids is 2. The fourth-order valence-electron chi connectivity index (χ4n) is 4.50. The summed E-state index contributed by atoms with van der Waals surface area (Å²) < 4.78 is 5.09. The number of nitrogens with one attached hydrogen (secondary N) is 1. The largest absolute Gasteiger partial charge is 0.481 e. The van der Waals surface area contributed by atoms with Gasteiger partial charge < -0.3 is 19.9 Å². The lowest BCUT2D eigenvalue weighted by Crippen LogP contribution is -2.42. The summed E-state index contributed by atoms with van der Waals surface area (Å²) in [5.74, 6) is 1.51. The van der Waals surface area contributed by atoms with E-state index in [2.05, 4.69) is 20.2 Å². The van der Waals surface area contributed by atoms with Gasteiger partial charge in [0.15, 0.2) is 5.82 Å². The van der Waals surface area contributed by atoms with Crippen LogP contribution in [0, 0.1) is 5.92 Å². The summed E-state index contributed by atoms with van der Waals surface area (Å²) in [5, 5.41) is 2.90. The molecule has 0 spiro atoms. The van der Waals surface area contributed by atoms with Gasteiger partial charge in [0.2, 0.25) is 11.8 Å². The maximum absolute atomic E-state index is 13.1. The average Bonchev–Trinajstić information content (AvgIpc) is 3.08. The number of likely N-dealkylation sites (tertiary alicyclic amines) is 1. The van der Waals surface area contributed by atoms with Gasteiger partial charge in [0.25, 0.3) is 5.91 Å². The molecule has 2 aliphatic rings. The van der Waals surface area contributed by atoms with Gasteiger partial charge in [-0.1, -0.05) is 6.42 Å². The Morgan fingerprint density at radius 2 is 2.03 bits per heavy atom. The van der Waals surface area contributed by atoms with Crippen molar-refractivity contribution in [3.63, 3.8) is 0 Å². The average molecular weight is 409 g/mol. The van der Waals surface area contributed by atoms with Gasteiger partial charge in [0.05, 0.1) is 24.4 Å². The fourth-order valence-corrected chi connectivity index (χ4v) is 4.50. The van der Waals surface area contributed by atoms with Gasteiger partial charge in [0, 0.05) is 45.0 Å². The summed E-state index contributed by atoms with van der Waals surface area (Å²) >= 11 is 0. The number of carbonyl (C=O) groups is 2. The van der Waals surface area contributed by atoms with Crippen LogP contribution in [0.5, 0.6) is 5.88 Å². The second-order valence-corrected chi connectivity index (χ2v) is 7.87. The van der Waals surface area contributed by atoms with E-state index in [0.29, 0.717) is 30.5 Å². The molecule has 1 N–H and O–H groups in total. The molecule has 0 aromatic carbocycles. The maximum atomic E-state index is 13.1. The van der Waals surface area contributed by atoms with Crippen LogP contribution in [0.4, 0.5) is 11.5 Å². The van der Waals surface area contributed by atoms with Gasteiger partial charge in [-0.05, 0) is 37.0 Å². The van der Waals surface area contributed by atoms with E-state index >= 15 is 0 Å². The first kappa shape index (κ1) is 20.1. The Kier molecular flexibility index (Phi) is 5.83. The van der Waals surface area contributed by atoms with E-state index in [0.717, 1.165) is 37.3 Å². The number of fused-ring (bicyclic) bond motifs is 1. The summed E-state index contributed by atoms with van der Waals surface area (Å²) in [6.07, 6.45) is 6.59. The minimum absolute atomic E-state index is 0.0127. The number of methoxy groups -OCH3 is 1. The smallest absolute Gasteiger partial charge is 0.255 e. The molecule has 2 amide bonds. The van der Waals surface area contributed by atoms with Crippen LogP contribution in [0.3, 0.4) is 0 Å². The molecule has 2 atom stereocenters. The summed E-state index contributed by atoms with van der Waals surface area (Å²) in [5.41, 5.74) is 1.28. The minimum atomic E-state index is -0.120. The second kappa shape index (κ2) is 8.69. The summed E-state index contributed by atoms with van der Waals surface area (Å²) in [6, 6.07) is 7.34. The normalized spacial score (nSPS) is 21.0. The third-order valence-electron chi connectivity index (χ3n) is 5.88. The molecule has 2 saturated heterocycles. The predicted molar refractivity (Wildman–Crippen MR) is 114 cm³/mol. The molecule has 0 saturated carbocycles. The van der Waals surface area contributed by atoms with Crippen molar-refractivity contribution in [2.24, 2.45) is 5.92 Å². The summed E-state index contributed by atoms with van der Waals surface area (Å²) in [4.78, 5) is 37.7. The molecule has 0 unspecified atom stereocenters. The Morgan fingerprint density at radius 1 is 1.17 bits per heavy atom. The van der Waals surface area contributed by atoms with Crippen molar-refractivity contribution < 1.29 is 14.3 Å². The van der Waals surface area contributed by atoms with Crippen LogP contribution in [0.15, 0.2) is 36.7 Å². The van der Waals surface area contributed by atoms with Crippen molar-refractivity contribution in [3.05, 3.63) is 42.2 Å². The van der Waals surface area contributed by atoms with E-state index in [-0.39, 0.29) is 17.9 Å². The number of hydrogen-bond donors (Lipinski definition) is 1. The van der Waals surface area contributed by atoms with Crippen molar-refractivity contribution >= 4 is 23.3 Å². The topological polar surface area (TPSA) is 87.7 Å². The molecule has 2 fully saturated rings. The SMILES string of the molecule is COc1ccc(C(=O)N2C[C@H]3CCCCN(c4ncccc4NC(C)=O)[C@H]3C2)cn1. The van der Waals surface area contributed by atoms with Crippen molar-refractivity contribution in [2.75, 3.05) is 37.0 Å². The molecule has 2 aromatic rings. The van der Waals surface area contributed by atoms with Crippen LogP contribution >= 0.6 is 0 Å². The van der Waals surface area contributed by atoms with Crippen LogP contribution in [-0.2, 0) is 4.79 Å². The molecular weight excluding hydrogens is 382 g/mol. The molecule has 158 valence electrons. The third-order valence-corrected chi connectivity index (χ3v) is 5.88. The van der Waals surface area contributed by atoms with E-state index in [1.807, 2.05) is 17.0 Å². The Labute approximate surface area is 176 Å². The van der Waals surface area contributed by atoms with Gasteiger partial charge in [-0.3, -0.25) is 9.59 Å². The van der Waals surface area contributed by atoms with Crippen molar-refractivity contribution in [1.29, 1.82) is 0 Å². The number of hydrogen-bond acceptors (Lipinski definition) is 6. The summed E-state index contributed by atoms with van der Waals surface area (Å²) in [6.45, 7) is 3.71. The first-order chi connectivity index (χ1) is 14.6. The number of anilines is 2. The van der Waals surface area contributed by atoms with Crippen molar-refractivity contribution in [3.8, 4) is 5.88 Å². The Morgan fingerprint density at radius 3 is 2.77 bits per heavy atom. The zero-order chi connectivity index (χ0) is 21.1. The van der Waals surface area contributed by atoms with Gasteiger partial charge in [-0.15, -0.1) is 0 Å². The molecule has 0 bridgehead atoms. The van der Waals surface area contributed by atoms with Gasteiger partial charge in [-0.2, -0.15) is 0 Å². The third kappa shape index (κ3) is 4.08. The molecule has 8 heteroatoms. The van der Waals surface area contributed by atoms with E-state index in [4.69, 9.17) is 4.74 Å². The lowest BCUT2D eigenvalue weighted by Gasteiger charge is -2.32. The molecule has 4 rings (SSSR count). The monoisotopic (exact) mass is 409 g/mol. The zero-order valence-corrected chi connectivity index (χ0v) is 17.4. The standard InChI is InChI=1S/C22H27N5O3/c1-15(28)25-18-7-5-10-23-21(18)27-11-4-3-6-17-13-26(14-19(17)27)22(29)16-8-9-20(30-2)24-12-16/h5,7-10,12,17,19H,3-4,6,11,13-14H2,1-2H3,(H,25,28)/t17-,19+/m1/s1. The number of rotatable bonds is 4. The Hall–Kier alpha value is -3.16. The first-order valence-corrected chi connectivity index (χ1v) is 10.4. The van der Waals surface area contributed by atoms with Crippen molar-refractivity contribution in [1.82, 2.24) is 14.9 Å². The lowest BCUT2D eigenvalue weighted by atomic mass is 9.98. The number of amides is 2. The van der Waals surface area contributed by atoms with Crippen LogP contribution in [0.1, 0.15) is 36.5 Å². The van der Waals surface area contributed by atoms with E-state index in [1.54, 1.807) is 31.6 Å². The predicted octanol–water partition coefficient (Wildman–Crippen LogP) is 2.57. The first-order valence-electron chi connectivity index (χ1n) is 10.4. The molecule has 30 heavy (non-hydrogen) atoms. The lowest BCUT2D eigenvalue weighted by molar-refractivity contribution is -0.114. The molecule has 0 aliphatic carbocycles. The number of nitrogens with zero attached hydrogens (tertiary/aromatic N) is 4. The molecule has 4 heterocycles. The Bertz CT molecular complexity index is 917. The highest BCUT2D eigenvalue weighted by Crippen LogP contribution is 2.35. The van der Waals surface area contributed by atoms with E-state index < -0.39 is 0 Å². The van der Waals surface area contributed by atoms with Crippen LogP contribution in [0.25, 0.3) is 0 Å². The van der Waals surface area contributed by atoms with Crippen molar-refractivity contribution in [2.45, 2.75) is 32.2 Å². The Balaban J connectivity index is 1.57. The molecule has 2 aromatic heterocycles. The summed E-state index contributed by atoms with van der Waals surface area (Å²) in [7, 11) is 1.55. The molecular formula is C22H27N5O3. The minimum Gasteiger partial charge on any atom is -0.481 e. The molecule has 0 radical (unpaired) electrons. The highest BCUT2D eigenvalue weighted by atomic mass is 16.5. The van der Waals surface area contributed by atoms with Gasteiger partial charge in [-0.25, -0.2) is 9.97 Å². The van der Waals surface area contributed by atoms with Gasteiger partial charge in [0.1, 0.15) is 0 Å². The number of ether oxygens (including phenoxy) is 1. The fraction of sp³-hybridized carbons (Fsp3) is 0.455. The highest BCUT2D eigenvalue weighted by Gasteiger charge is 2.40. The molecule has 2 aliphatic heterocycles.